The summed E-state index contributed by atoms with van der Waals surface area (Å²) >= 11 is 0. The summed E-state index contributed by atoms with van der Waals surface area (Å²) in [5.41, 5.74) is 2.33. The van der Waals surface area contributed by atoms with E-state index in [0.717, 1.165) is 5.56 Å². The predicted octanol–water partition coefficient (Wildman–Crippen LogP) is 1.25. The number of fused-ring (bicyclic) bond motifs is 1. The highest BCUT2D eigenvalue weighted by atomic mass is 16.5. The van der Waals surface area contributed by atoms with Crippen LogP contribution in [-0.4, -0.2) is 11.7 Å². The zero-order valence-corrected chi connectivity index (χ0v) is 6.16. The molecule has 1 heterocycles. The van der Waals surface area contributed by atoms with Gasteiger partial charge in [-0.2, -0.15) is 0 Å². The maximum atomic E-state index is 8.89. The first-order valence-corrected chi connectivity index (χ1v) is 3.72. The molecule has 2 rings (SSSR count). The van der Waals surface area contributed by atoms with Gasteiger partial charge in [0, 0.05) is 0 Å². The van der Waals surface area contributed by atoms with Crippen molar-refractivity contribution in [3.05, 3.63) is 35.4 Å². The molecular weight excluding hydrogens is 140 g/mol. The van der Waals surface area contributed by atoms with Crippen molar-refractivity contribution in [1.29, 1.82) is 0 Å². The lowest BCUT2D eigenvalue weighted by atomic mass is 10.1. The van der Waals surface area contributed by atoms with Crippen LogP contribution in [0.2, 0.25) is 0 Å². The average Bonchev–Trinajstić information content (AvgIpc) is 2.47. The molecule has 11 heavy (non-hydrogen) atoms. The summed E-state index contributed by atoms with van der Waals surface area (Å²) in [6, 6.07) is 7.99. The molecular formula is C9H10O2. The first-order valence-electron chi connectivity index (χ1n) is 3.72. The number of aliphatic hydroxyl groups is 1. The molecule has 2 nitrogen and oxygen atoms in total. The largest absolute Gasteiger partial charge is 0.393 e. The molecule has 1 aromatic carbocycles. The third kappa shape index (κ3) is 1.04. The highest BCUT2D eigenvalue weighted by Gasteiger charge is 2.20. The van der Waals surface area contributed by atoms with Gasteiger partial charge in [-0.3, -0.25) is 0 Å². The summed E-state index contributed by atoms with van der Waals surface area (Å²) < 4.78 is 5.32. The number of benzene rings is 1. The van der Waals surface area contributed by atoms with Gasteiger partial charge in [0.1, 0.15) is 6.10 Å². The van der Waals surface area contributed by atoms with Gasteiger partial charge >= 0.3 is 0 Å². The number of ether oxygens (including phenoxy) is 1. The van der Waals surface area contributed by atoms with Crippen LogP contribution in [0.5, 0.6) is 0 Å². The summed E-state index contributed by atoms with van der Waals surface area (Å²) in [6.07, 6.45) is -0.0915. The van der Waals surface area contributed by atoms with E-state index in [1.807, 2.05) is 24.3 Å². The summed E-state index contributed by atoms with van der Waals surface area (Å²) in [5, 5.41) is 8.89. The quantitative estimate of drug-likeness (QED) is 0.652. The van der Waals surface area contributed by atoms with E-state index in [0.29, 0.717) is 6.61 Å². The Morgan fingerprint density at radius 2 is 2.27 bits per heavy atom. The maximum Gasteiger partial charge on any atom is 0.106 e. The highest BCUT2D eigenvalue weighted by Crippen LogP contribution is 2.29. The van der Waals surface area contributed by atoms with Crippen molar-refractivity contribution in [2.45, 2.75) is 12.7 Å². The zero-order valence-electron chi connectivity index (χ0n) is 6.16. The minimum atomic E-state index is -0.0915. The fourth-order valence-corrected chi connectivity index (χ4v) is 1.41. The van der Waals surface area contributed by atoms with E-state index in [9.17, 15) is 0 Å². The van der Waals surface area contributed by atoms with Crippen LogP contribution >= 0.6 is 0 Å². The third-order valence-corrected chi connectivity index (χ3v) is 2.01. The van der Waals surface area contributed by atoms with Crippen molar-refractivity contribution in [2.75, 3.05) is 6.61 Å². The second kappa shape index (κ2) is 2.64. The van der Waals surface area contributed by atoms with Crippen molar-refractivity contribution in [2.24, 2.45) is 0 Å². The highest BCUT2D eigenvalue weighted by molar-refractivity contribution is 5.31. The molecule has 0 aliphatic carbocycles. The first-order chi connectivity index (χ1) is 5.42. The number of hydrogen-bond donors (Lipinski definition) is 1. The monoisotopic (exact) mass is 150 g/mol. The molecule has 1 aliphatic heterocycles. The van der Waals surface area contributed by atoms with E-state index in [4.69, 9.17) is 9.84 Å². The Bertz CT molecular complexity index is 257. The minimum Gasteiger partial charge on any atom is -0.393 e. The van der Waals surface area contributed by atoms with Crippen molar-refractivity contribution in [1.82, 2.24) is 0 Å². The van der Waals surface area contributed by atoms with Crippen molar-refractivity contribution in [3.63, 3.8) is 0 Å². The lowest BCUT2D eigenvalue weighted by molar-refractivity contribution is 0.0234. The fourth-order valence-electron chi connectivity index (χ4n) is 1.41. The Morgan fingerprint density at radius 3 is 3.09 bits per heavy atom. The van der Waals surface area contributed by atoms with E-state index in [1.54, 1.807) is 0 Å². The number of hydrogen-bond acceptors (Lipinski definition) is 2. The van der Waals surface area contributed by atoms with Gasteiger partial charge in [-0.05, 0) is 11.1 Å². The molecule has 0 amide bonds. The minimum absolute atomic E-state index is 0.0804. The molecule has 1 atom stereocenters. The summed E-state index contributed by atoms with van der Waals surface area (Å²) in [5.74, 6) is 0. The zero-order chi connectivity index (χ0) is 7.68. The molecule has 1 aliphatic rings. The van der Waals surface area contributed by atoms with Gasteiger partial charge in [-0.15, -0.1) is 0 Å². The molecule has 1 unspecified atom stereocenters. The molecule has 0 saturated heterocycles. The molecule has 58 valence electrons. The van der Waals surface area contributed by atoms with Crippen LogP contribution in [0.3, 0.4) is 0 Å². The Kier molecular flexibility index (Phi) is 1.64. The van der Waals surface area contributed by atoms with Crippen LogP contribution < -0.4 is 0 Å². The van der Waals surface area contributed by atoms with Gasteiger partial charge in [0.05, 0.1) is 13.2 Å². The van der Waals surface area contributed by atoms with E-state index < -0.39 is 0 Å². The fraction of sp³-hybridized carbons (Fsp3) is 0.333. The van der Waals surface area contributed by atoms with Gasteiger partial charge in [0.2, 0.25) is 0 Å². The summed E-state index contributed by atoms with van der Waals surface area (Å²) in [4.78, 5) is 0. The van der Waals surface area contributed by atoms with Crippen LogP contribution in [0.15, 0.2) is 24.3 Å². The van der Waals surface area contributed by atoms with Crippen molar-refractivity contribution in [3.8, 4) is 0 Å². The van der Waals surface area contributed by atoms with E-state index >= 15 is 0 Å². The smallest absolute Gasteiger partial charge is 0.106 e. The molecule has 2 heteroatoms. The Labute approximate surface area is 65.4 Å². The molecule has 1 N–H and O–H groups in total. The van der Waals surface area contributed by atoms with Gasteiger partial charge < -0.3 is 9.84 Å². The Hall–Kier alpha value is -0.860. The number of aliphatic hydroxyl groups excluding tert-OH is 1. The Morgan fingerprint density at radius 1 is 1.45 bits per heavy atom. The van der Waals surface area contributed by atoms with E-state index in [-0.39, 0.29) is 12.7 Å². The normalized spacial score (nSPS) is 21.7. The molecule has 0 aromatic heterocycles. The van der Waals surface area contributed by atoms with Gasteiger partial charge in [0.15, 0.2) is 0 Å². The Balaban J connectivity index is 2.39. The standard InChI is InChI=1S/C9H10O2/c10-5-9-8-4-2-1-3-7(8)6-11-9/h1-4,9-10H,5-6H2. The molecule has 0 radical (unpaired) electrons. The van der Waals surface area contributed by atoms with Gasteiger partial charge in [0.25, 0.3) is 0 Å². The second-order valence-electron chi connectivity index (χ2n) is 2.68. The second-order valence-corrected chi connectivity index (χ2v) is 2.68. The lowest BCUT2D eigenvalue weighted by Crippen LogP contribution is -2.00. The summed E-state index contributed by atoms with van der Waals surface area (Å²) in [6.45, 7) is 0.721. The van der Waals surface area contributed by atoms with Gasteiger partial charge in [-0.25, -0.2) is 0 Å². The summed E-state index contributed by atoms with van der Waals surface area (Å²) in [7, 11) is 0. The molecule has 0 spiro atoms. The predicted molar refractivity (Wildman–Crippen MR) is 41.1 cm³/mol. The van der Waals surface area contributed by atoms with Gasteiger partial charge in [-0.1, -0.05) is 24.3 Å². The molecule has 0 fully saturated rings. The number of rotatable bonds is 1. The van der Waals surface area contributed by atoms with Crippen molar-refractivity contribution >= 4 is 0 Å². The molecule has 0 bridgehead atoms. The molecule has 1 aromatic rings. The third-order valence-electron chi connectivity index (χ3n) is 2.01. The van der Waals surface area contributed by atoms with E-state index in [2.05, 4.69) is 0 Å². The van der Waals surface area contributed by atoms with Crippen LogP contribution in [0.1, 0.15) is 17.2 Å². The van der Waals surface area contributed by atoms with Crippen LogP contribution in [0, 0.1) is 0 Å². The lowest BCUT2D eigenvalue weighted by Gasteiger charge is -2.04. The van der Waals surface area contributed by atoms with E-state index in [1.165, 1.54) is 5.56 Å². The van der Waals surface area contributed by atoms with Crippen LogP contribution in [-0.2, 0) is 11.3 Å². The molecule has 0 saturated carbocycles. The topological polar surface area (TPSA) is 29.5 Å². The van der Waals surface area contributed by atoms with Crippen LogP contribution in [0.25, 0.3) is 0 Å². The maximum absolute atomic E-state index is 8.89. The first kappa shape index (κ1) is 6.83. The van der Waals surface area contributed by atoms with Crippen molar-refractivity contribution < 1.29 is 9.84 Å². The SMILES string of the molecule is OCC1OCc2ccccc21. The average molecular weight is 150 g/mol. The van der Waals surface area contributed by atoms with Crippen LogP contribution in [0.4, 0.5) is 0 Å².